The van der Waals surface area contributed by atoms with Crippen LogP contribution in [0.3, 0.4) is 0 Å². The van der Waals surface area contributed by atoms with Crippen molar-refractivity contribution in [3.8, 4) is 0 Å². The van der Waals surface area contributed by atoms with E-state index in [9.17, 15) is 13.2 Å². The van der Waals surface area contributed by atoms with Crippen LogP contribution in [0.5, 0.6) is 0 Å². The Morgan fingerprint density at radius 1 is 1.36 bits per heavy atom. The van der Waals surface area contributed by atoms with Gasteiger partial charge < -0.3 is 10.8 Å². The van der Waals surface area contributed by atoms with Gasteiger partial charge in [0.05, 0.1) is 5.92 Å². The van der Waals surface area contributed by atoms with E-state index in [-0.39, 0.29) is 6.42 Å². The Balaban J connectivity index is 2.80. The van der Waals surface area contributed by atoms with E-state index in [0.29, 0.717) is 12.8 Å². The van der Waals surface area contributed by atoms with Crippen molar-refractivity contribution in [1.29, 1.82) is 0 Å². The van der Waals surface area contributed by atoms with Crippen LogP contribution >= 0.6 is 0 Å². The Hall–Kier alpha value is -0.660. The first kappa shape index (κ1) is 11.4. The van der Waals surface area contributed by atoms with E-state index in [1.165, 1.54) is 0 Å². The van der Waals surface area contributed by atoms with Crippen molar-refractivity contribution < 1.29 is 22.9 Å². The Morgan fingerprint density at radius 3 is 2.36 bits per heavy atom. The molecule has 0 aromatic carbocycles. The average molecular weight is 223 g/mol. The minimum absolute atomic E-state index is 0.102. The third-order valence-electron chi connectivity index (χ3n) is 2.57. The van der Waals surface area contributed by atoms with Crippen LogP contribution in [-0.2, 0) is 14.9 Å². The number of carbonyl (C=O) groups is 1. The van der Waals surface area contributed by atoms with Gasteiger partial charge in [0.25, 0.3) is 10.1 Å². The highest BCUT2D eigenvalue weighted by molar-refractivity contribution is 7.86. The minimum Gasteiger partial charge on any atom is -0.481 e. The highest BCUT2D eigenvalue weighted by Crippen LogP contribution is 2.27. The lowest BCUT2D eigenvalue weighted by Crippen LogP contribution is -2.46. The van der Waals surface area contributed by atoms with Gasteiger partial charge in [-0.3, -0.25) is 9.35 Å². The number of rotatable bonds is 2. The molecule has 0 bridgehead atoms. The molecule has 1 fully saturated rings. The van der Waals surface area contributed by atoms with E-state index in [2.05, 4.69) is 0 Å². The molecule has 1 aliphatic rings. The van der Waals surface area contributed by atoms with Gasteiger partial charge in [-0.2, -0.15) is 8.42 Å². The van der Waals surface area contributed by atoms with Crippen molar-refractivity contribution >= 4 is 16.1 Å². The van der Waals surface area contributed by atoms with Gasteiger partial charge in [0.15, 0.2) is 0 Å². The highest BCUT2D eigenvalue weighted by Gasteiger charge is 2.38. The Labute approximate surface area is 81.8 Å². The Kier molecular flexibility index (Phi) is 3.13. The second kappa shape index (κ2) is 3.84. The van der Waals surface area contributed by atoms with E-state index >= 15 is 0 Å². The summed E-state index contributed by atoms with van der Waals surface area (Å²) in [7, 11) is -4.23. The summed E-state index contributed by atoms with van der Waals surface area (Å²) in [6, 6.07) is -0.666. The zero-order chi connectivity index (χ0) is 10.9. The molecule has 14 heavy (non-hydrogen) atoms. The number of nitrogens with two attached hydrogens (primary N) is 1. The molecule has 0 heterocycles. The lowest BCUT2D eigenvalue weighted by atomic mass is 9.86. The largest absolute Gasteiger partial charge is 0.481 e. The van der Waals surface area contributed by atoms with Crippen molar-refractivity contribution in [3.05, 3.63) is 0 Å². The van der Waals surface area contributed by atoms with Gasteiger partial charge >= 0.3 is 5.97 Å². The number of hydrogen-bond donors (Lipinski definition) is 3. The van der Waals surface area contributed by atoms with E-state index in [1.807, 2.05) is 0 Å². The summed E-state index contributed by atoms with van der Waals surface area (Å²) >= 11 is 0. The summed E-state index contributed by atoms with van der Waals surface area (Å²) in [5.74, 6) is -1.76. The summed E-state index contributed by atoms with van der Waals surface area (Å²) in [4.78, 5) is 10.6. The summed E-state index contributed by atoms with van der Waals surface area (Å²) in [6.45, 7) is 0. The maximum atomic E-state index is 10.8. The lowest BCUT2D eigenvalue weighted by molar-refractivity contribution is -0.142. The van der Waals surface area contributed by atoms with Gasteiger partial charge in [0, 0.05) is 6.04 Å². The number of hydrogen-bond acceptors (Lipinski definition) is 4. The topological polar surface area (TPSA) is 118 Å². The third kappa shape index (κ3) is 2.43. The molecular weight excluding hydrogens is 210 g/mol. The second-order valence-electron chi connectivity index (χ2n) is 3.57. The van der Waals surface area contributed by atoms with Crippen LogP contribution in [-0.4, -0.2) is 35.3 Å². The molecule has 3 atom stereocenters. The molecular formula is C7H13NO5S. The molecule has 4 N–H and O–H groups in total. The maximum absolute atomic E-state index is 10.8. The molecule has 0 radical (unpaired) electrons. The summed E-state index contributed by atoms with van der Waals surface area (Å²) < 4.78 is 30.5. The van der Waals surface area contributed by atoms with Crippen LogP contribution < -0.4 is 5.73 Å². The normalized spacial score (nSPS) is 34.0. The van der Waals surface area contributed by atoms with Crippen molar-refractivity contribution in [2.45, 2.75) is 30.6 Å². The molecule has 0 saturated heterocycles. The fourth-order valence-corrected chi connectivity index (χ4v) is 2.77. The molecule has 0 amide bonds. The number of carboxylic acids is 1. The smallest absolute Gasteiger partial charge is 0.306 e. The molecule has 3 unspecified atom stereocenters. The SMILES string of the molecule is NC1CCC(C(=O)O)CC1S(=O)(=O)O. The van der Waals surface area contributed by atoms with Crippen LogP contribution in [0, 0.1) is 5.92 Å². The maximum Gasteiger partial charge on any atom is 0.306 e. The first-order valence-corrected chi connectivity index (χ1v) is 5.77. The van der Waals surface area contributed by atoms with Crippen molar-refractivity contribution in [3.63, 3.8) is 0 Å². The quantitative estimate of drug-likeness (QED) is 0.541. The molecule has 0 spiro atoms. The standard InChI is InChI=1S/C7H13NO5S/c8-5-2-1-4(7(9)10)3-6(5)14(11,12)13/h4-6H,1-3,8H2,(H,9,10)(H,11,12,13). The van der Waals surface area contributed by atoms with E-state index < -0.39 is 33.3 Å². The molecule has 6 nitrogen and oxygen atoms in total. The van der Waals surface area contributed by atoms with E-state index in [1.54, 1.807) is 0 Å². The Morgan fingerprint density at radius 2 is 1.93 bits per heavy atom. The molecule has 0 aliphatic heterocycles. The van der Waals surface area contributed by atoms with Crippen LogP contribution in [0.25, 0.3) is 0 Å². The van der Waals surface area contributed by atoms with Crippen LogP contribution in [0.1, 0.15) is 19.3 Å². The molecule has 0 aromatic rings. The van der Waals surface area contributed by atoms with E-state index in [4.69, 9.17) is 15.4 Å². The Bertz CT molecular complexity index is 325. The van der Waals surface area contributed by atoms with E-state index in [0.717, 1.165) is 0 Å². The first-order chi connectivity index (χ1) is 6.32. The van der Waals surface area contributed by atoms with Crippen molar-refractivity contribution in [2.24, 2.45) is 11.7 Å². The van der Waals surface area contributed by atoms with Gasteiger partial charge in [-0.25, -0.2) is 0 Å². The average Bonchev–Trinajstić information content (AvgIpc) is 2.02. The summed E-state index contributed by atoms with van der Waals surface area (Å²) in [6.07, 6.45) is 0.569. The van der Waals surface area contributed by atoms with Crippen molar-refractivity contribution in [2.75, 3.05) is 0 Å². The minimum atomic E-state index is -4.23. The zero-order valence-corrected chi connectivity index (χ0v) is 8.27. The highest BCUT2D eigenvalue weighted by atomic mass is 32.2. The summed E-state index contributed by atoms with van der Waals surface area (Å²) in [5, 5.41) is 7.55. The van der Waals surface area contributed by atoms with Crippen LogP contribution in [0.2, 0.25) is 0 Å². The molecule has 1 saturated carbocycles. The lowest BCUT2D eigenvalue weighted by Gasteiger charge is -2.29. The van der Waals surface area contributed by atoms with Gasteiger partial charge in [0.1, 0.15) is 5.25 Å². The van der Waals surface area contributed by atoms with Gasteiger partial charge in [0.2, 0.25) is 0 Å². The zero-order valence-electron chi connectivity index (χ0n) is 7.46. The molecule has 0 aromatic heterocycles. The molecule has 7 heteroatoms. The van der Waals surface area contributed by atoms with Gasteiger partial charge in [-0.15, -0.1) is 0 Å². The third-order valence-corrected chi connectivity index (χ3v) is 3.88. The molecule has 1 aliphatic carbocycles. The number of carboxylic acid groups (broad SMARTS) is 1. The molecule has 1 rings (SSSR count). The van der Waals surface area contributed by atoms with Crippen molar-refractivity contribution in [1.82, 2.24) is 0 Å². The second-order valence-corrected chi connectivity index (χ2v) is 5.20. The predicted molar refractivity (Wildman–Crippen MR) is 48.3 cm³/mol. The first-order valence-electron chi connectivity index (χ1n) is 4.27. The predicted octanol–water partition coefficient (Wildman–Crippen LogP) is -0.545. The fraction of sp³-hybridized carbons (Fsp3) is 0.857. The van der Waals surface area contributed by atoms with Gasteiger partial charge in [-0.1, -0.05) is 0 Å². The van der Waals surface area contributed by atoms with Crippen LogP contribution in [0.4, 0.5) is 0 Å². The van der Waals surface area contributed by atoms with Crippen LogP contribution in [0.15, 0.2) is 0 Å². The fourth-order valence-electron chi connectivity index (χ4n) is 1.72. The molecule has 82 valence electrons. The monoisotopic (exact) mass is 223 g/mol. The summed E-state index contributed by atoms with van der Waals surface area (Å²) in [5.41, 5.74) is 5.50. The van der Waals surface area contributed by atoms with Gasteiger partial charge in [-0.05, 0) is 19.3 Å². The number of aliphatic carboxylic acids is 1.